The molecule has 0 spiro atoms. The van der Waals surface area contributed by atoms with Crippen molar-refractivity contribution >= 4 is 50.5 Å². The summed E-state index contributed by atoms with van der Waals surface area (Å²) in [6.07, 6.45) is 0. The molecule has 108 valence electrons. The van der Waals surface area contributed by atoms with Crippen molar-refractivity contribution in [2.75, 3.05) is 17.7 Å². The molecule has 2 rings (SSSR count). The Morgan fingerprint density at radius 1 is 1.05 bits per heavy atom. The average molecular weight is 364 g/mol. The number of benzene rings is 2. The Balaban J connectivity index is 1.98. The van der Waals surface area contributed by atoms with Crippen molar-refractivity contribution < 1.29 is 4.79 Å². The number of rotatable bonds is 3. The molecule has 0 heterocycles. The Labute approximate surface area is 137 Å². The van der Waals surface area contributed by atoms with Crippen molar-refractivity contribution in [3.05, 3.63) is 58.6 Å². The first-order valence-corrected chi connectivity index (χ1v) is 7.44. The zero-order valence-corrected chi connectivity index (χ0v) is 13.7. The molecule has 2 aromatic rings. The average Bonchev–Trinajstić information content (AvgIpc) is 2.47. The monoisotopic (exact) mass is 363 g/mol. The standard InChI is InChI=1S/C15H14BrN3OS/c1-17-14(20)10-5-7-12(8-6-10)18-15(21)19-13-4-2-3-11(16)9-13/h2-9H,1H3,(H,17,20)(H2,18,19,21). The number of hydrogen-bond acceptors (Lipinski definition) is 2. The van der Waals surface area contributed by atoms with E-state index in [9.17, 15) is 4.79 Å². The van der Waals surface area contributed by atoms with E-state index in [2.05, 4.69) is 31.9 Å². The second kappa shape index (κ2) is 7.19. The number of hydrogen-bond donors (Lipinski definition) is 3. The van der Waals surface area contributed by atoms with Crippen LogP contribution >= 0.6 is 28.1 Å². The zero-order valence-electron chi connectivity index (χ0n) is 11.3. The van der Waals surface area contributed by atoms with E-state index in [1.54, 1.807) is 31.3 Å². The van der Waals surface area contributed by atoms with Gasteiger partial charge in [-0.2, -0.15) is 0 Å². The van der Waals surface area contributed by atoms with Gasteiger partial charge in [0, 0.05) is 28.5 Å². The molecule has 3 N–H and O–H groups in total. The van der Waals surface area contributed by atoms with E-state index in [-0.39, 0.29) is 5.91 Å². The summed E-state index contributed by atoms with van der Waals surface area (Å²) >= 11 is 8.66. The third-order valence-corrected chi connectivity index (χ3v) is 3.41. The van der Waals surface area contributed by atoms with Gasteiger partial charge in [-0.1, -0.05) is 22.0 Å². The maximum absolute atomic E-state index is 11.4. The van der Waals surface area contributed by atoms with Crippen LogP contribution in [-0.2, 0) is 0 Å². The normalized spacial score (nSPS) is 9.81. The molecule has 6 heteroatoms. The lowest BCUT2D eigenvalue weighted by Gasteiger charge is -2.11. The molecule has 0 aromatic heterocycles. The van der Waals surface area contributed by atoms with E-state index in [0.29, 0.717) is 10.7 Å². The molecule has 0 saturated heterocycles. The lowest BCUT2D eigenvalue weighted by molar-refractivity contribution is 0.0963. The molecular formula is C15H14BrN3OS. The van der Waals surface area contributed by atoms with Crippen LogP contribution in [0.1, 0.15) is 10.4 Å². The van der Waals surface area contributed by atoms with Gasteiger partial charge in [0.15, 0.2) is 5.11 Å². The number of carbonyl (C=O) groups is 1. The summed E-state index contributed by atoms with van der Waals surface area (Å²) in [5, 5.41) is 9.22. The first-order valence-electron chi connectivity index (χ1n) is 6.24. The van der Waals surface area contributed by atoms with E-state index in [0.717, 1.165) is 15.8 Å². The molecule has 0 saturated carbocycles. The first kappa shape index (κ1) is 15.5. The van der Waals surface area contributed by atoms with Crippen LogP contribution in [0.15, 0.2) is 53.0 Å². The Hall–Kier alpha value is -1.92. The van der Waals surface area contributed by atoms with Crippen LogP contribution in [0.3, 0.4) is 0 Å². The van der Waals surface area contributed by atoms with E-state index < -0.39 is 0 Å². The van der Waals surface area contributed by atoms with E-state index in [1.165, 1.54) is 0 Å². The summed E-state index contributed by atoms with van der Waals surface area (Å²) in [4.78, 5) is 11.4. The van der Waals surface area contributed by atoms with Gasteiger partial charge in [-0.3, -0.25) is 4.79 Å². The van der Waals surface area contributed by atoms with Crippen molar-refractivity contribution in [3.63, 3.8) is 0 Å². The lowest BCUT2D eigenvalue weighted by atomic mass is 10.2. The molecule has 0 aliphatic carbocycles. The maximum Gasteiger partial charge on any atom is 0.251 e. The predicted octanol–water partition coefficient (Wildman–Crippen LogP) is 3.62. The van der Waals surface area contributed by atoms with E-state index in [4.69, 9.17) is 12.2 Å². The highest BCUT2D eigenvalue weighted by molar-refractivity contribution is 9.10. The Kier molecular flexibility index (Phi) is 5.30. The molecule has 0 atom stereocenters. The minimum atomic E-state index is -0.114. The Morgan fingerprint density at radius 3 is 2.33 bits per heavy atom. The topological polar surface area (TPSA) is 53.2 Å². The highest BCUT2D eigenvalue weighted by Crippen LogP contribution is 2.16. The van der Waals surface area contributed by atoms with E-state index in [1.807, 2.05) is 24.3 Å². The van der Waals surface area contributed by atoms with Crippen molar-refractivity contribution in [2.24, 2.45) is 0 Å². The molecule has 0 bridgehead atoms. The number of amides is 1. The minimum absolute atomic E-state index is 0.114. The minimum Gasteiger partial charge on any atom is -0.355 e. The molecule has 0 aliphatic heterocycles. The summed E-state index contributed by atoms with van der Waals surface area (Å²) in [7, 11) is 1.60. The van der Waals surface area contributed by atoms with Crippen LogP contribution in [0.2, 0.25) is 0 Å². The number of anilines is 2. The van der Waals surface area contributed by atoms with Crippen LogP contribution in [0.4, 0.5) is 11.4 Å². The molecule has 2 aromatic carbocycles. The number of halogens is 1. The van der Waals surface area contributed by atoms with Crippen LogP contribution < -0.4 is 16.0 Å². The van der Waals surface area contributed by atoms with Crippen molar-refractivity contribution in [1.82, 2.24) is 5.32 Å². The summed E-state index contributed by atoms with van der Waals surface area (Å²) in [5.41, 5.74) is 2.31. The predicted molar refractivity (Wildman–Crippen MR) is 93.8 cm³/mol. The summed E-state index contributed by atoms with van der Waals surface area (Å²) in [6, 6.07) is 14.8. The molecule has 4 nitrogen and oxygen atoms in total. The smallest absolute Gasteiger partial charge is 0.251 e. The largest absolute Gasteiger partial charge is 0.355 e. The first-order chi connectivity index (χ1) is 10.1. The molecular weight excluding hydrogens is 350 g/mol. The van der Waals surface area contributed by atoms with Gasteiger partial charge in [0.25, 0.3) is 5.91 Å². The SMILES string of the molecule is CNC(=O)c1ccc(NC(=S)Nc2cccc(Br)c2)cc1. The second-order valence-electron chi connectivity index (χ2n) is 4.25. The molecule has 0 fully saturated rings. The third kappa shape index (κ3) is 4.54. The highest BCUT2D eigenvalue weighted by Gasteiger charge is 2.03. The van der Waals surface area contributed by atoms with Gasteiger partial charge >= 0.3 is 0 Å². The van der Waals surface area contributed by atoms with Crippen molar-refractivity contribution in [3.8, 4) is 0 Å². The van der Waals surface area contributed by atoms with E-state index >= 15 is 0 Å². The zero-order chi connectivity index (χ0) is 15.2. The highest BCUT2D eigenvalue weighted by atomic mass is 79.9. The van der Waals surface area contributed by atoms with Gasteiger partial charge in [-0.15, -0.1) is 0 Å². The van der Waals surface area contributed by atoms with Gasteiger partial charge in [0.2, 0.25) is 0 Å². The molecule has 0 radical (unpaired) electrons. The summed E-state index contributed by atoms with van der Waals surface area (Å²) in [5.74, 6) is -0.114. The summed E-state index contributed by atoms with van der Waals surface area (Å²) in [6.45, 7) is 0. The van der Waals surface area contributed by atoms with Gasteiger partial charge in [0.1, 0.15) is 0 Å². The van der Waals surface area contributed by atoms with Gasteiger partial charge in [-0.25, -0.2) is 0 Å². The maximum atomic E-state index is 11.4. The molecule has 1 amide bonds. The molecule has 0 unspecified atom stereocenters. The van der Waals surface area contributed by atoms with Crippen molar-refractivity contribution in [2.45, 2.75) is 0 Å². The van der Waals surface area contributed by atoms with Gasteiger partial charge in [0.05, 0.1) is 0 Å². The number of nitrogens with one attached hydrogen (secondary N) is 3. The van der Waals surface area contributed by atoms with Crippen LogP contribution in [0.5, 0.6) is 0 Å². The number of thiocarbonyl (C=S) groups is 1. The quantitative estimate of drug-likeness (QED) is 0.729. The van der Waals surface area contributed by atoms with Crippen LogP contribution in [-0.4, -0.2) is 18.1 Å². The molecule has 0 aliphatic rings. The van der Waals surface area contributed by atoms with Gasteiger partial charge in [-0.05, 0) is 54.7 Å². The summed E-state index contributed by atoms with van der Waals surface area (Å²) < 4.78 is 0.977. The molecule has 21 heavy (non-hydrogen) atoms. The second-order valence-corrected chi connectivity index (χ2v) is 5.57. The van der Waals surface area contributed by atoms with Crippen LogP contribution in [0, 0.1) is 0 Å². The fraction of sp³-hybridized carbons (Fsp3) is 0.0667. The lowest BCUT2D eigenvalue weighted by Crippen LogP contribution is -2.20. The van der Waals surface area contributed by atoms with Crippen molar-refractivity contribution in [1.29, 1.82) is 0 Å². The van der Waals surface area contributed by atoms with Gasteiger partial charge < -0.3 is 16.0 Å². The fourth-order valence-corrected chi connectivity index (χ4v) is 2.34. The fourth-order valence-electron chi connectivity index (χ4n) is 1.71. The Bertz CT molecular complexity index is 658. The third-order valence-electron chi connectivity index (χ3n) is 2.71. The van der Waals surface area contributed by atoms with Crippen LogP contribution in [0.25, 0.3) is 0 Å². The number of carbonyl (C=O) groups excluding carboxylic acids is 1. The Morgan fingerprint density at radius 2 is 1.71 bits per heavy atom.